The number of hydrogen-bond acceptors (Lipinski definition) is 4. The minimum Gasteiger partial charge on any atom is -0.496 e. The van der Waals surface area contributed by atoms with Crippen molar-refractivity contribution in [1.82, 2.24) is 0 Å². The van der Waals surface area contributed by atoms with Gasteiger partial charge in [-0.1, -0.05) is 29.8 Å². The van der Waals surface area contributed by atoms with Crippen molar-refractivity contribution in [2.75, 3.05) is 18.2 Å². The molecule has 0 unspecified atom stereocenters. The summed E-state index contributed by atoms with van der Waals surface area (Å²) >= 11 is 6.18. The molecule has 4 N–H and O–H groups in total. The molecule has 0 aliphatic heterocycles. The van der Waals surface area contributed by atoms with Gasteiger partial charge in [0.15, 0.2) is 0 Å². The van der Waals surface area contributed by atoms with E-state index in [4.69, 9.17) is 22.1 Å². The first kappa shape index (κ1) is 14.5. The lowest BCUT2D eigenvalue weighted by molar-refractivity contribution is 0.274. The number of methoxy groups -OCH3 is 1. The maximum absolute atomic E-state index is 9.23. The van der Waals surface area contributed by atoms with E-state index in [1.54, 1.807) is 19.2 Å². The summed E-state index contributed by atoms with van der Waals surface area (Å²) in [6, 6.07) is 11.1. The summed E-state index contributed by atoms with van der Waals surface area (Å²) in [5, 5.41) is 13.0. The van der Waals surface area contributed by atoms with E-state index in [2.05, 4.69) is 5.32 Å². The average Bonchev–Trinajstić information content (AvgIpc) is 2.47. The van der Waals surface area contributed by atoms with E-state index < -0.39 is 0 Å². The topological polar surface area (TPSA) is 67.5 Å². The van der Waals surface area contributed by atoms with E-state index >= 15 is 0 Å². The number of ether oxygens (including phenoxy) is 1. The van der Waals surface area contributed by atoms with Crippen molar-refractivity contribution >= 4 is 23.0 Å². The number of nitrogens with one attached hydrogen (secondary N) is 1. The van der Waals surface area contributed by atoms with Gasteiger partial charge in [0.1, 0.15) is 5.75 Å². The van der Waals surface area contributed by atoms with Crippen LogP contribution in [0.1, 0.15) is 11.1 Å². The lowest BCUT2D eigenvalue weighted by Gasteiger charge is -2.14. The van der Waals surface area contributed by atoms with Gasteiger partial charge in [-0.05, 0) is 17.7 Å². The van der Waals surface area contributed by atoms with Crippen molar-refractivity contribution in [2.24, 2.45) is 0 Å². The molecule has 0 aliphatic rings. The van der Waals surface area contributed by atoms with Crippen LogP contribution < -0.4 is 15.8 Å². The van der Waals surface area contributed by atoms with Gasteiger partial charge in [-0.25, -0.2) is 0 Å². The average molecular weight is 293 g/mol. The second-order valence-corrected chi connectivity index (χ2v) is 4.76. The van der Waals surface area contributed by atoms with Crippen LogP contribution in [0.5, 0.6) is 5.75 Å². The molecule has 0 fully saturated rings. The SMILES string of the molecule is COc1cc(NCc2ccccc2N)c(Cl)cc1CO. The molecule has 0 amide bonds. The molecule has 0 radical (unpaired) electrons. The zero-order chi connectivity index (χ0) is 14.5. The lowest BCUT2D eigenvalue weighted by Crippen LogP contribution is -2.04. The number of rotatable bonds is 5. The summed E-state index contributed by atoms with van der Waals surface area (Å²) in [4.78, 5) is 0. The molecule has 2 aromatic carbocycles. The van der Waals surface area contributed by atoms with Gasteiger partial charge in [-0.15, -0.1) is 0 Å². The highest BCUT2D eigenvalue weighted by atomic mass is 35.5. The first-order valence-corrected chi connectivity index (χ1v) is 6.58. The Balaban J connectivity index is 2.19. The first-order valence-electron chi connectivity index (χ1n) is 6.20. The van der Waals surface area contributed by atoms with Crippen molar-refractivity contribution in [3.8, 4) is 5.75 Å². The molecule has 2 rings (SSSR count). The van der Waals surface area contributed by atoms with Crippen molar-refractivity contribution in [3.05, 3.63) is 52.5 Å². The summed E-state index contributed by atoms with van der Waals surface area (Å²) in [6.45, 7) is 0.447. The maximum Gasteiger partial charge on any atom is 0.126 e. The van der Waals surface area contributed by atoms with Crippen molar-refractivity contribution in [3.63, 3.8) is 0 Å². The van der Waals surface area contributed by atoms with Gasteiger partial charge < -0.3 is 20.9 Å². The fraction of sp³-hybridized carbons (Fsp3) is 0.200. The van der Waals surface area contributed by atoms with Gasteiger partial charge >= 0.3 is 0 Å². The minimum atomic E-state index is -0.116. The molecule has 2 aromatic rings. The van der Waals surface area contributed by atoms with Gasteiger partial charge in [0.2, 0.25) is 0 Å². The molecule has 0 aromatic heterocycles. The molecule has 20 heavy (non-hydrogen) atoms. The number of nitrogens with two attached hydrogens (primary N) is 1. The van der Waals surface area contributed by atoms with Crippen LogP contribution in [0.25, 0.3) is 0 Å². The van der Waals surface area contributed by atoms with Gasteiger partial charge in [0.05, 0.1) is 24.4 Å². The number of benzene rings is 2. The Kier molecular flexibility index (Phi) is 4.71. The second-order valence-electron chi connectivity index (χ2n) is 4.35. The van der Waals surface area contributed by atoms with Crippen LogP contribution in [0.4, 0.5) is 11.4 Å². The molecule has 106 valence electrons. The molecule has 5 heteroatoms. The number of halogens is 1. The van der Waals surface area contributed by atoms with Crippen molar-refractivity contribution in [1.29, 1.82) is 0 Å². The van der Waals surface area contributed by atoms with Gasteiger partial charge in [0, 0.05) is 23.9 Å². The third kappa shape index (κ3) is 3.15. The van der Waals surface area contributed by atoms with Crippen LogP contribution >= 0.6 is 11.6 Å². The van der Waals surface area contributed by atoms with Crippen molar-refractivity contribution in [2.45, 2.75) is 13.2 Å². The van der Waals surface area contributed by atoms with Gasteiger partial charge in [0.25, 0.3) is 0 Å². The Morgan fingerprint density at radius 2 is 2.00 bits per heavy atom. The largest absolute Gasteiger partial charge is 0.496 e. The fourth-order valence-corrected chi connectivity index (χ4v) is 2.18. The molecule has 0 spiro atoms. The Labute approximate surface area is 123 Å². The molecule has 0 bridgehead atoms. The van der Waals surface area contributed by atoms with E-state index in [-0.39, 0.29) is 6.61 Å². The Hall–Kier alpha value is -1.91. The summed E-state index contributed by atoms with van der Waals surface area (Å²) < 4.78 is 5.22. The van der Waals surface area contributed by atoms with Crippen LogP contribution in [-0.4, -0.2) is 12.2 Å². The monoisotopic (exact) mass is 292 g/mol. The summed E-state index contributed by atoms with van der Waals surface area (Å²) in [7, 11) is 1.56. The highest BCUT2D eigenvalue weighted by molar-refractivity contribution is 6.33. The number of hydrogen-bond donors (Lipinski definition) is 3. The van der Waals surface area contributed by atoms with Gasteiger partial charge in [-0.2, -0.15) is 0 Å². The Bertz CT molecular complexity index is 602. The number of aliphatic hydroxyl groups is 1. The molecule has 0 saturated carbocycles. The third-order valence-corrected chi connectivity index (χ3v) is 3.38. The van der Waals surface area contributed by atoms with Crippen LogP contribution in [0.2, 0.25) is 5.02 Å². The Morgan fingerprint density at radius 1 is 1.25 bits per heavy atom. The summed E-state index contributed by atoms with van der Waals surface area (Å²) in [6.07, 6.45) is 0. The highest BCUT2D eigenvalue weighted by Crippen LogP contribution is 2.31. The fourth-order valence-electron chi connectivity index (χ4n) is 1.93. The van der Waals surface area contributed by atoms with E-state index in [1.165, 1.54) is 0 Å². The number of anilines is 2. The molecule has 0 saturated heterocycles. The molecule has 0 aliphatic carbocycles. The van der Waals surface area contributed by atoms with Gasteiger partial charge in [-0.3, -0.25) is 0 Å². The van der Waals surface area contributed by atoms with E-state index in [9.17, 15) is 5.11 Å². The predicted molar refractivity (Wildman–Crippen MR) is 82.1 cm³/mol. The molecule has 0 atom stereocenters. The zero-order valence-corrected chi connectivity index (χ0v) is 11.9. The minimum absolute atomic E-state index is 0.116. The van der Waals surface area contributed by atoms with Crippen LogP contribution in [0.3, 0.4) is 0 Å². The summed E-state index contributed by atoms with van der Waals surface area (Å²) in [5.41, 5.74) is 9.01. The number of nitrogen functional groups attached to an aromatic ring is 1. The Morgan fingerprint density at radius 3 is 2.65 bits per heavy atom. The lowest BCUT2D eigenvalue weighted by atomic mass is 10.1. The maximum atomic E-state index is 9.23. The summed E-state index contributed by atoms with van der Waals surface area (Å²) in [5.74, 6) is 0.598. The predicted octanol–water partition coefficient (Wildman–Crippen LogP) is 3.04. The third-order valence-electron chi connectivity index (χ3n) is 3.06. The standard InChI is InChI=1S/C15H17ClN2O2/c1-20-15-7-14(12(16)6-11(15)9-19)18-8-10-4-2-3-5-13(10)17/h2-7,18-19H,8-9,17H2,1H3. The molecular weight excluding hydrogens is 276 g/mol. The highest BCUT2D eigenvalue weighted by Gasteiger charge is 2.09. The van der Waals surface area contributed by atoms with Crippen LogP contribution in [0, 0.1) is 0 Å². The quantitative estimate of drug-likeness (QED) is 0.741. The molecule has 0 heterocycles. The first-order chi connectivity index (χ1) is 9.65. The molecular formula is C15H17ClN2O2. The number of para-hydroxylation sites is 1. The van der Waals surface area contributed by atoms with E-state index in [0.29, 0.717) is 22.9 Å². The smallest absolute Gasteiger partial charge is 0.126 e. The van der Waals surface area contributed by atoms with E-state index in [1.807, 2.05) is 24.3 Å². The zero-order valence-electron chi connectivity index (χ0n) is 11.2. The number of aliphatic hydroxyl groups excluding tert-OH is 1. The van der Waals surface area contributed by atoms with Crippen LogP contribution in [-0.2, 0) is 13.2 Å². The van der Waals surface area contributed by atoms with Crippen molar-refractivity contribution < 1.29 is 9.84 Å². The van der Waals surface area contributed by atoms with E-state index in [0.717, 1.165) is 16.9 Å². The second kappa shape index (κ2) is 6.50. The molecule has 4 nitrogen and oxygen atoms in total. The normalized spacial score (nSPS) is 10.3. The van der Waals surface area contributed by atoms with Crippen LogP contribution in [0.15, 0.2) is 36.4 Å².